The number of nitrogens with one attached hydrogen (secondary N) is 1. The van der Waals surface area contributed by atoms with E-state index in [-0.39, 0.29) is 23.6 Å². The Labute approximate surface area is 174 Å². The van der Waals surface area contributed by atoms with E-state index in [2.05, 4.69) is 15.6 Å². The van der Waals surface area contributed by atoms with Gasteiger partial charge in [0.1, 0.15) is 18.0 Å². The van der Waals surface area contributed by atoms with Crippen LogP contribution in [-0.2, 0) is 12.8 Å². The molecule has 3 aromatic rings. The van der Waals surface area contributed by atoms with Crippen molar-refractivity contribution >= 4 is 11.8 Å². The third-order valence-electron chi connectivity index (χ3n) is 4.20. The van der Waals surface area contributed by atoms with E-state index in [1.807, 2.05) is 0 Å². The van der Waals surface area contributed by atoms with Crippen LogP contribution in [0, 0.1) is 0 Å². The van der Waals surface area contributed by atoms with Crippen LogP contribution in [0.2, 0.25) is 0 Å². The van der Waals surface area contributed by atoms with Gasteiger partial charge < -0.3 is 15.8 Å². The first-order chi connectivity index (χ1) is 14.7. The number of benzene rings is 2. The van der Waals surface area contributed by atoms with Gasteiger partial charge in [-0.3, -0.25) is 9.59 Å². The molecular weight excluding hydrogens is 415 g/mol. The molecule has 0 unspecified atom stereocenters. The molecule has 0 aliphatic rings. The number of alkyl halides is 3. The number of hydrogen-bond donors (Lipinski definition) is 2. The minimum absolute atomic E-state index is 0.0193. The molecule has 31 heavy (non-hydrogen) atoms. The lowest BCUT2D eigenvalue weighted by Gasteiger charge is -2.16. The molecule has 3 rings (SSSR count). The van der Waals surface area contributed by atoms with Crippen LogP contribution in [-0.4, -0.2) is 33.4 Å². The van der Waals surface area contributed by atoms with Crippen molar-refractivity contribution in [3.8, 4) is 11.4 Å². The molecule has 0 spiro atoms. The first-order valence-electron chi connectivity index (χ1n) is 9.14. The van der Waals surface area contributed by atoms with Gasteiger partial charge in [-0.2, -0.15) is 13.2 Å². The topological polar surface area (TPSA) is 112 Å². The number of nitrogens with two attached hydrogens (primary N) is 1. The third-order valence-corrected chi connectivity index (χ3v) is 4.20. The minimum atomic E-state index is -4.97. The van der Waals surface area contributed by atoms with Crippen LogP contribution in [0.25, 0.3) is 5.69 Å². The Balaban J connectivity index is 2.11. The number of aromatic nitrogens is 3. The number of carbonyl (C=O) groups is 2. The fraction of sp³-hybridized carbons (Fsp3) is 0.200. The summed E-state index contributed by atoms with van der Waals surface area (Å²) in [4.78, 5) is 23.6. The van der Waals surface area contributed by atoms with Crippen LogP contribution in [0.15, 0.2) is 48.5 Å². The fourth-order valence-corrected chi connectivity index (χ4v) is 2.81. The predicted molar refractivity (Wildman–Crippen MR) is 104 cm³/mol. The highest BCUT2D eigenvalue weighted by atomic mass is 19.4. The fourth-order valence-electron chi connectivity index (χ4n) is 2.81. The molecule has 0 atom stereocenters. The van der Waals surface area contributed by atoms with Crippen LogP contribution >= 0.6 is 0 Å². The lowest BCUT2D eigenvalue weighted by Crippen LogP contribution is -2.23. The van der Waals surface area contributed by atoms with E-state index in [4.69, 9.17) is 10.5 Å². The second kappa shape index (κ2) is 8.86. The Kier molecular flexibility index (Phi) is 6.23. The number of nitrogens with zero attached hydrogens (tertiary/aromatic N) is 3. The van der Waals surface area contributed by atoms with Gasteiger partial charge in [-0.15, -0.1) is 5.10 Å². The highest BCUT2D eigenvalue weighted by Crippen LogP contribution is 2.35. The van der Waals surface area contributed by atoms with E-state index in [1.165, 1.54) is 18.2 Å². The molecule has 3 N–H and O–H groups in total. The van der Waals surface area contributed by atoms with Gasteiger partial charge in [-0.25, -0.2) is 4.68 Å². The maximum absolute atomic E-state index is 13.7. The van der Waals surface area contributed by atoms with E-state index in [0.29, 0.717) is 11.2 Å². The highest BCUT2D eigenvalue weighted by molar-refractivity contribution is 5.95. The molecule has 11 heteroatoms. The average molecular weight is 433 g/mol. The van der Waals surface area contributed by atoms with Crippen LogP contribution in [0.1, 0.15) is 39.0 Å². The van der Waals surface area contributed by atoms with Crippen LogP contribution < -0.4 is 15.8 Å². The van der Waals surface area contributed by atoms with Gasteiger partial charge in [-0.05, 0) is 30.7 Å². The van der Waals surface area contributed by atoms with Crippen molar-refractivity contribution < 1.29 is 27.5 Å². The zero-order valence-electron chi connectivity index (χ0n) is 16.3. The summed E-state index contributed by atoms with van der Waals surface area (Å²) in [6.07, 6.45) is -4.97. The largest absolute Gasteiger partial charge is 0.487 e. The molecule has 162 valence electrons. The van der Waals surface area contributed by atoms with Crippen molar-refractivity contribution in [1.82, 2.24) is 20.3 Å². The van der Waals surface area contributed by atoms with Gasteiger partial charge in [0.2, 0.25) is 0 Å². The molecular formula is C20H18F3N5O3. The molecule has 1 heterocycles. The average Bonchev–Trinajstić information content (AvgIpc) is 3.19. The number of hydrogen-bond acceptors (Lipinski definition) is 5. The first kappa shape index (κ1) is 21.8. The SMILES string of the molecule is CCNC(=O)c1ccc(-n2nnc(C(N)=O)c2C(F)(F)F)c(OCc2ccccc2)c1. The number of amides is 2. The Morgan fingerprint density at radius 3 is 2.48 bits per heavy atom. The summed E-state index contributed by atoms with van der Waals surface area (Å²) in [6, 6.07) is 12.8. The molecule has 0 fully saturated rings. The summed E-state index contributed by atoms with van der Waals surface area (Å²) in [6.45, 7) is 2.12. The number of primary amides is 1. The number of rotatable bonds is 7. The van der Waals surface area contributed by atoms with E-state index in [0.717, 1.165) is 5.56 Å². The van der Waals surface area contributed by atoms with E-state index >= 15 is 0 Å². The summed E-state index contributed by atoms with van der Waals surface area (Å²) in [5, 5.41) is 9.36. The Morgan fingerprint density at radius 2 is 1.87 bits per heavy atom. The first-order valence-corrected chi connectivity index (χ1v) is 9.14. The predicted octanol–water partition coefficient (Wildman–Crippen LogP) is 2.71. The zero-order chi connectivity index (χ0) is 22.6. The summed E-state index contributed by atoms with van der Waals surface area (Å²) in [7, 11) is 0. The van der Waals surface area contributed by atoms with Gasteiger partial charge in [-0.1, -0.05) is 35.5 Å². The molecule has 2 aromatic carbocycles. The maximum atomic E-state index is 13.7. The lowest BCUT2D eigenvalue weighted by molar-refractivity contribution is -0.143. The maximum Gasteiger partial charge on any atom is 0.435 e. The van der Waals surface area contributed by atoms with Crippen molar-refractivity contribution in [3.63, 3.8) is 0 Å². The zero-order valence-corrected chi connectivity index (χ0v) is 16.3. The summed E-state index contributed by atoms with van der Waals surface area (Å²) < 4.78 is 47.2. The Morgan fingerprint density at radius 1 is 1.16 bits per heavy atom. The van der Waals surface area contributed by atoms with Crippen molar-refractivity contribution in [2.45, 2.75) is 19.7 Å². The quantitative estimate of drug-likeness (QED) is 0.595. The number of ether oxygens (including phenoxy) is 1. The van der Waals surface area contributed by atoms with Crippen LogP contribution in [0.3, 0.4) is 0 Å². The van der Waals surface area contributed by atoms with Crippen molar-refractivity contribution in [2.75, 3.05) is 6.54 Å². The molecule has 0 saturated heterocycles. The van der Waals surface area contributed by atoms with Crippen molar-refractivity contribution in [2.24, 2.45) is 5.73 Å². The monoisotopic (exact) mass is 433 g/mol. The van der Waals surface area contributed by atoms with Crippen LogP contribution in [0.4, 0.5) is 13.2 Å². The molecule has 0 bridgehead atoms. The van der Waals surface area contributed by atoms with Crippen molar-refractivity contribution in [1.29, 1.82) is 0 Å². The Hall–Kier alpha value is -3.89. The molecule has 1 aromatic heterocycles. The Bertz CT molecular complexity index is 1100. The van der Waals surface area contributed by atoms with Gasteiger partial charge in [0.05, 0.1) is 0 Å². The van der Waals surface area contributed by atoms with Gasteiger partial charge in [0.25, 0.3) is 11.8 Å². The van der Waals surface area contributed by atoms with E-state index in [1.54, 1.807) is 37.3 Å². The molecule has 8 nitrogen and oxygen atoms in total. The number of halogens is 3. The molecule has 0 saturated carbocycles. The molecule has 0 aliphatic carbocycles. The summed E-state index contributed by atoms with van der Waals surface area (Å²) in [5.41, 5.74) is 3.36. The number of carbonyl (C=O) groups excluding carboxylic acids is 2. The lowest BCUT2D eigenvalue weighted by atomic mass is 10.1. The van der Waals surface area contributed by atoms with Crippen LogP contribution in [0.5, 0.6) is 5.75 Å². The molecule has 0 aliphatic heterocycles. The van der Waals surface area contributed by atoms with Crippen molar-refractivity contribution in [3.05, 3.63) is 71.0 Å². The van der Waals surface area contributed by atoms with Gasteiger partial charge >= 0.3 is 6.18 Å². The van der Waals surface area contributed by atoms with E-state index < -0.39 is 29.4 Å². The second-order valence-corrected chi connectivity index (χ2v) is 6.38. The van der Waals surface area contributed by atoms with E-state index in [9.17, 15) is 22.8 Å². The summed E-state index contributed by atoms with van der Waals surface area (Å²) in [5.74, 6) is -1.85. The second-order valence-electron chi connectivity index (χ2n) is 6.38. The highest BCUT2D eigenvalue weighted by Gasteiger charge is 2.42. The standard InChI is InChI=1S/C20H18F3N5O3/c1-2-25-19(30)13-8-9-14(15(10-13)31-11-12-6-4-3-5-7-12)28-17(20(21,22)23)16(18(24)29)26-27-28/h3-10H,2,11H2,1H3,(H2,24,29)(H,25,30). The smallest absolute Gasteiger partial charge is 0.435 e. The molecule has 2 amide bonds. The van der Waals surface area contributed by atoms with Gasteiger partial charge in [0, 0.05) is 12.1 Å². The normalized spacial score (nSPS) is 11.2. The molecule has 0 radical (unpaired) electrons. The third kappa shape index (κ3) is 4.82. The van der Waals surface area contributed by atoms with Gasteiger partial charge in [0.15, 0.2) is 11.4 Å². The minimum Gasteiger partial charge on any atom is -0.487 e. The summed E-state index contributed by atoms with van der Waals surface area (Å²) >= 11 is 0.